The molecule has 2 rings (SSSR count). The van der Waals surface area contributed by atoms with E-state index in [1.165, 1.54) is 0 Å². The van der Waals surface area contributed by atoms with Gasteiger partial charge in [0.2, 0.25) is 0 Å². The van der Waals surface area contributed by atoms with Crippen LogP contribution in [-0.2, 0) is 6.54 Å². The molecule has 0 bridgehead atoms. The molecule has 0 spiro atoms. The summed E-state index contributed by atoms with van der Waals surface area (Å²) >= 11 is 0. The topological polar surface area (TPSA) is 60.9 Å². The molecule has 15 heavy (non-hydrogen) atoms. The fraction of sp³-hybridized carbons (Fsp3) is 0.273. The molecule has 0 saturated carbocycles. The number of nitrogens with two attached hydrogens (primary N) is 1. The summed E-state index contributed by atoms with van der Waals surface area (Å²) in [4.78, 5) is 16.1. The SMILES string of the molecule is NCCCn1cnc2ccccc2c1=O. The summed E-state index contributed by atoms with van der Waals surface area (Å²) in [6, 6.07) is 7.35. The summed E-state index contributed by atoms with van der Waals surface area (Å²) < 4.78 is 1.61. The van der Waals surface area contributed by atoms with Gasteiger partial charge in [-0.25, -0.2) is 4.98 Å². The van der Waals surface area contributed by atoms with Crippen molar-refractivity contribution < 1.29 is 0 Å². The van der Waals surface area contributed by atoms with Gasteiger partial charge in [0.15, 0.2) is 0 Å². The third-order valence-corrected chi connectivity index (χ3v) is 2.33. The Hall–Kier alpha value is -1.68. The molecule has 0 fully saturated rings. The maximum absolute atomic E-state index is 11.9. The van der Waals surface area contributed by atoms with Crippen LogP contribution in [0.3, 0.4) is 0 Å². The number of aryl methyl sites for hydroxylation is 1. The molecule has 1 heterocycles. The molecule has 1 aromatic heterocycles. The van der Waals surface area contributed by atoms with Crippen LogP contribution in [0, 0.1) is 0 Å². The van der Waals surface area contributed by atoms with E-state index in [-0.39, 0.29) is 5.56 Å². The number of hydrogen-bond donors (Lipinski definition) is 1. The molecule has 1 aromatic carbocycles. The standard InChI is InChI=1S/C11H13N3O/c12-6-3-7-14-8-13-10-5-2-1-4-9(10)11(14)15/h1-2,4-5,8H,3,6-7,12H2. The molecule has 2 aromatic rings. The number of fused-ring (bicyclic) bond motifs is 1. The van der Waals surface area contributed by atoms with Crippen LogP contribution >= 0.6 is 0 Å². The Morgan fingerprint density at radius 1 is 1.33 bits per heavy atom. The van der Waals surface area contributed by atoms with E-state index in [0.717, 1.165) is 11.9 Å². The van der Waals surface area contributed by atoms with Gasteiger partial charge in [-0.3, -0.25) is 9.36 Å². The Labute approximate surface area is 87.4 Å². The van der Waals surface area contributed by atoms with Crippen LogP contribution in [0.1, 0.15) is 6.42 Å². The van der Waals surface area contributed by atoms with Crippen molar-refractivity contribution in [3.63, 3.8) is 0 Å². The highest BCUT2D eigenvalue weighted by Crippen LogP contribution is 2.04. The van der Waals surface area contributed by atoms with Gasteiger partial charge < -0.3 is 5.73 Å². The van der Waals surface area contributed by atoms with Crippen molar-refractivity contribution in [2.75, 3.05) is 6.54 Å². The van der Waals surface area contributed by atoms with Crippen molar-refractivity contribution in [3.8, 4) is 0 Å². The molecule has 0 atom stereocenters. The molecule has 4 nitrogen and oxygen atoms in total. The normalized spacial score (nSPS) is 10.7. The lowest BCUT2D eigenvalue weighted by Crippen LogP contribution is -2.21. The first-order valence-corrected chi connectivity index (χ1v) is 4.97. The van der Waals surface area contributed by atoms with Gasteiger partial charge in [-0.15, -0.1) is 0 Å². The van der Waals surface area contributed by atoms with Gasteiger partial charge in [-0.1, -0.05) is 12.1 Å². The zero-order chi connectivity index (χ0) is 10.7. The third kappa shape index (κ3) is 1.89. The summed E-state index contributed by atoms with van der Waals surface area (Å²) in [5.74, 6) is 0. The molecule has 0 aliphatic rings. The molecule has 0 aliphatic carbocycles. The third-order valence-electron chi connectivity index (χ3n) is 2.33. The van der Waals surface area contributed by atoms with Gasteiger partial charge in [0, 0.05) is 6.54 Å². The van der Waals surface area contributed by atoms with Crippen LogP contribution in [0.15, 0.2) is 35.4 Å². The molecular weight excluding hydrogens is 190 g/mol. The quantitative estimate of drug-likeness (QED) is 0.800. The second-order valence-electron chi connectivity index (χ2n) is 3.40. The van der Waals surface area contributed by atoms with Crippen molar-refractivity contribution >= 4 is 10.9 Å². The highest BCUT2D eigenvalue weighted by molar-refractivity contribution is 5.76. The van der Waals surface area contributed by atoms with Crippen molar-refractivity contribution in [1.82, 2.24) is 9.55 Å². The fourth-order valence-electron chi connectivity index (χ4n) is 1.53. The molecule has 0 radical (unpaired) electrons. The summed E-state index contributed by atoms with van der Waals surface area (Å²) in [6.45, 7) is 1.21. The number of nitrogens with zero attached hydrogens (tertiary/aromatic N) is 2. The summed E-state index contributed by atoms with van der Waals surface area (Å²) in [7, 11) is 0. The first-order valence-electron chi connectivity index (χ1n) is 4.97. The van der Waals surface area contributed by atoms with Crippen LogP contribution in [0.25, 0.3) is 10.9 Å². The van der Waals surface area contributed by atoms with Crippen molar-refractivity contribution in [2.45, 2.75) is 13.0 Å². The molecule has 78 valence electrons. The number of para-hydroxylation sites is 1. The lowest BCUT2D eigenvalue weighted by Gasteiger charge is -2.04. The number of hydrogen-bond acceptors (Lipinski definition) is 3. The molecule has 2 N–H and O–H groups in total. The van der Waals surface area contributed by atoms with Crippen molar-refractivity contribution in [3.05, 3.63) is 40.9 Å². The van der Waals surface area contributed by atoms with Crippen LogP contribution in [0.2, 0.25) is 0 Å². The maximum Gasteiger partial charge on any atom is 0.261 e. The minimum absolute atomic E-state index is 0.00838. The molecule has 4 heteroatoms. The molecular formula is C11H13N3O. The lowest BCUT2D eigenvalue weighted by molar-refractivity contribution is 0.624. The first kappa shape index (κ1) is 9.86. The average Bonchev–Trinajstić information content (AvgIpc) is 2.29. The minimum Gasteiger partial charge on any atom is -0.330 e. The predicted molar refractivity (Wildman–Crippen MR) is 59.7 cm³/mol. The number of aromatic nitrogens is 2. The Balaban J connectivity index is 2.51. The van der Waals surface area contributed by atoms with Gasteiger partial charge in [-0.2, -0.15) is 0 Å². The van der Waals surface area contributed by atoms with E-state index < -0.39 is 0 Å². The van der Waals surface area contributed by atoms with Gasteiger partial charge in [0.1, 0.15) is 0 Å². The summed E-state index contributed by atoms with van der Waals surface area (Å²) in [5, 5.41) is 0.664. The zero-order valence-electron chi connectivity index (χ0n) is 8.39. The van der Waals surface area contributed by atoms with Gasteiger partial charge in [-0.05, 0) is 25.1 Å². The van der Waals surface area contributed by atoms with E-state index in [9.17, 15) is 4.79 Å². The Kier molecular flexibility index (Phi) is 2.78. The number of rotatable bonds is 3. The van der Waals surface area contributed by atoms with E-state index in [2.05, 4.69) is 4.98 Å². The van der Waals surface area contributed by atoms with Crippen LogP contribution in [-0.4, -0.2) is 16.1 Å². The molecule has 0 saturated heterocycles. The van der Waals surface area contributed by atoms with Crippen LogP contribution in [0.4, 0.5) is 0 Å². The highest BCUT2D eigenvalue weighted by Gasteiger charge is 2.01. The second kappa shape index (κ2) is 4.23. The predicted octanol–water partition coefficient (Wildman–Crippen LogP) is 0.745. The van der Waals surface area contributed by atoms with E-state index in [1.807, 2.05) is 18.2 Å². The fourth-order valence-corrected chi connectivity index (χ4v) is 1.53. The Morgan fingerprint density at radius 2 is 2.13 bits per heavy atom. The largest absolute Gasteiger partial charge is 0.330 e. The van der Waals surface area contributed by atoms with Crippen molar-refractivity contribution in [1.29, 1.82) is 0 Å². The minimum atomic E-state index is 0.00838. The van der Waals surface area contributed by atoms with Crippen molar-refractivity contribution in [2.24, 2.45) is 5.73 Å². The van der Waals surface area contributed by atoms with Crippen LogP contribution in [0.5, 0.6) is 0 Å². The first-order chi connectivity index (χ1) is 7.33. The molecule has 0 amide bonds. The summed E-state index contributed by atoms with van der Waals surface area (Å²) in [6.07, 6.45) is 2.38. The van der Waals surface area contributed by atoms with Gasteiger partial charge in [0.25, 0.3) is 5.56 Å². The van der Waals surface area contributed by atoms with E-state index in [4.69, 9.17) is 5.73 Å². The van der Waals surface area contributed by atoms with Gasteiger partial charge >= 0.3 is 0 Å². The number of benzene rings is 1. The molecule has 0 unspecified atom stereocenters. The van der Waals surface area contributed by atoms with Crippen LogP contribution < -0.4 is 11.3 Å². The van der Waals surface area contributed by atoms with E-state index in [1.54, 1.807) is 17.0 Å². The van der Waals surface area contributed by atoms with Gasteiger partial charge in [0.05, 0.1) is 17.2 Å². The smallest absolute Gasteiger partial charge is 0.261 e. The average molecular weight is 203 g/mol. The monoisotopic (exact) mass is 203 g/mol. The second-order valence-corrected chi connectivity index (χ2v) is 3.40. The van der Waals surface area contributed by atoms with E-state index >= 15 is 0 Å². The highest BCUT2D eigenvalue weighted by atomic mass is 16.1. The van der Waals surface area contributed by atoms with E-state index in [0.29, 0.717) is 18.5 Å². The maximum atomic E-state index is 11.9. The Morgan fingerprint density at radius 3 is 2.93 bits per heavy atom. The molecule has 0 aliphatic heterocycles. The summed E-state index contributed by atoms with van der Waals surface area (Å²) in [5.41, 5.74) is 6.15. The zero-order valence-corrected chi connectivity index (χ0v) is 8.39. The Bertz CT molecular complexity index is 518. The lowest BCUT2D eigenvalue weighted by atomic mass is 10.2.